The smallest absolute Gasteiger partial charge is 0.254 e. The van der Waals surface area contributed by atoms with E-state index in [0.29, 0.717) is 44.7 Å². The van der Waals surface area contributed by atoms with Crippen molar-refractivity contribution in [3.05, 3.63) is 35.6 Å². The molecule has 1 atom stereocenters. The van der Waals surface area contributed by atoms with Crippen LogP contribution in [0.4, 0.5) is 4.39 Å². The highest BCUT2D eigenvalue weighted by molar-refractivity contribution is 5.94. The molecule has 6 nitrogen and oxygen atoms in total. The molecular formula is C21H28FN3O3. The molecule has 3 amide bonds. The number of carbonyl (C=O) groups excluding carboxylic acids is 3. The van der Waals surface area contributed by atoms with Crippen molar-refractivity contribution in [2.24, 2.45) is 5.92 Å². The van der Waals surface area contributed by atoms with E-state index in [1.54, 1.807) is 20.8 Å². The molecule has 7 heteroatoms. The van der Waals surface area contributed by atoms with Crippen LogP contribution in [0.25, 0.3) is 0 Å². The second-order valence-electron chi connectivity index (χ2n) is 8.56. The zero-order chi connectivity index (χ0) is 20.5. The number of halogens is 1. The molecule has 0 N–H and O–H groups in total. The number of hydrogen-bond donors (Lipinski definition) is 0. The van der Waals surface area contributed by atoms with Gasteiger partial charge in [-0.25, -0.2) is 4.39 Å². The van der Waals surface area contributed by atoms with E-state index < -0.39 is 5.82 Å². The van der Waals surface area contributed by atoms with Crippen molar-refractivity contribution < 1.29 is 18.8 Å². The molecule has 2 heterocycles. The van der Waals surface area contributed by atoms with Gasteiger partial charge in [0.25, 0.3) is 5.91 Å². The molecule has 0 bridgehead atoms. The molecular weight excluding hydrogens is 361 g/mol. The number of carbonyl (C=O) groups is 3. The molecule has 0 aliphatic carbocycles. The highest BCUT2D eigenvalue weighted by atomic mass is 19.1. The van der Waals surface area contributed by atoms with Gasteiger partial charge in [-0.05, 0) is 45.4 Å². The van der Waals surface area contributed by atoms with Crippen molar-refractivity contribution in [2.75, 3.05) is 32.7 Å². The number of nitrogens with zero attached hydrogens (tertiary/aromatic N) is 3. The van der Waals surface area contributed by atoms with Gasteiger partial charge in [-0.1, -0.05) is 6.07 Å². The van der Waals surface area contributed by atoms with Crippen LogP contribution in [0, 0.1) is 11.7 Å². The maximum atomic E-state index is 13.4. The molecule has 2 fully saturated rings. The minimum absolute atomic E-state index is 0.0137. The standard InChI is InChI=1S/C21H28FN3O3/c1-21(2,3)25-14-16(13-18(25)26)20(28)24-9-5-8-23(10-11-24)19(27)15-6-4-7-17(22)12-15/h4,6-7,12,16H,5,8-11,13-14H2,1-3H3. The zero-order valence-electron chi connectivity index (χ0n) is 16.8. The fourth-order valence-electron chi connectivity index (χ4n) is 3.92. The minimum Gasteiger partial charge on any atom is -0.341 e. The van der Waals surface area contributed by atoms with Gasteiger partial charge in [-0.3, -0.25) is 14.4 Å². The average Bonchev–Trinajstić information content (AvgIpc) is 2.87. The molecule has 2 aliphatic heterocycles. The number of hydrogen-bond acceptors (Lipinski definition) is 3. The van der Waals surface area contributed by atoms with Gasteiger partial charge in [0.1, 0.15) is 5.82 Å². The Kier molecular flexibility index (Phi) is 5.72. The molecule has 3 rings (SSSR count). The number of amides is 3. The lowest BCUT2D eigenvalue weighted by atomic mass is 10.1. The van der Waals surface area contributed by atoms with Gasteiger partial charge in [0.15, 0.2) is 0 Å². The summed E-state index contributed by atoms with van der Waals surface area (Å²) in [5.41, 5.74) is 0.0287. The monoisotopic (exact) mass is 389 g/mol. The third-order valence-electron chi connectivity index (χ3n) is 5.45. The third kappa shape index (κ3) is 4.34. The van der Waals surface area contributed by atoms with Crippen LogP contribution in [0.5, 0.6) is 0 Å². The summed E-state index contributed by atoms with van der Waals surface area (Å²) in [4.78, 5) is 43.1. The number of rotatable bonds is 2. The highest BCUT2D eigenvalue weighted by Crippen LogP contribution is 2.27. The predicted molar refractivity (Wildman–Crippen MR) is 103 cm³/mol. The van der Waals surface area contributed by atoms with Gasteiger partial charge in [0, 0.05) is 50.2 Å². The second kappa shape index (κ2) is 7.89. The van der Waals surface area contributed by atoms with Gasteiger partial charge in [-0.2, -0.15) is 0 Å². The SMILES string of the molecule is CC(C)(C)N1CC(C(=O)N2CCCN(C(=O)c3cccc(F)c3)CC2)CC1=O. The maximum absolute atomic E-state index is 13.4. The van der Waals surface area contributed by atoms with Gasteiger partial charge in [0.2, 0.25) is 11.8 Å². The molecule has 1 aromatic carbocycles. The summed E-state index contributed by atoms with van der Waals surface area (Å²) in [6.07, 6.45) is 0.912. The first kappa shape index (κ1) is 20.3. The maximum Gasteiger partial charge on any atom is 0.254 e. The van der Waals surface area contributed by atoms with Crippen LogP contribution in [0.15, 0.2) is 24.3 Å². The lowest BCUT2D eigenvalue weighted by Crippen LogP contribution is -2.44. The van der Waals surface area contributed by atoms with Gasteiger partial charge < -0.3 is 14.7 Å². The summed E-state index contributed by atoms with van der Waals surface area (Å²) >= 11 is 0. The van der Waals surface area contributed by atoms with E-state index >= 15 is 0 Å². The summed E-state index contributed by atoms with van der Waals surface area (Å²) < 4.78 is 13.4. The molecule has 152 valence electrons. The van der Waals surface area contributed by atoms with E-state index in [1.165, 1.54) is 18.2 Å². The molecule has 0 spiro atoms. The highest BCUT2D eigenvalue weighted by Gasteiger charge is 2.41. The Balaban J connectivity index is 1.61. The predicted octanol–water partition coefficient (Wildman–Crippen LogP) is 2.15. The average molecular weight is 389 g/mol. The van der Waals surface area contributed by atoms with Crippen molar-refractivity contribution >= 4 is 17.7 Å². The van der Waals surface area contributed by atoms with Crippen molar-refractivity contribution in [1.82, 2.24) is 14.7 Å². The normalized spacial score (nSPS) is 21.1. The minimum atomic E-state index is -0.438. The van der Waals surface area contributed by atoms with E-state index in [1.807, 2.05) is 20.8 Å². The first-order chi connectivity index (χ1) is 13.2. The summed E-state index contributed by atoms with van der Waals surface area (Å²) in [6.45, 7) is 8.29. The topological polar surface area (TPSA) is 60.9 Å². The summed E-state index contributed by atoms with van der Waals surface area (Å²) in [6, 6.07) is 5.67. The lowest BCUT2D eigenvalue weighted by molar-refractivity contribution is -0.135. The van der Waals surface area contributed by atoms with Crippen LogP contribution >= 0.6 is 0 Å². The van der Waals surface area contributed by atoms with Crippen molar-refractivity contribution in [1.29, 1.82) is 0 Å². The Morgan fingerprint density at radius 2 is 1.75 bits per heavy atom. The van der Waals surface area contributed by atoms with Crippen molar-refractivity contribution in [3.63, 3.8) is 0 Å². The lowest BCUT2D eigenvalue weighted by Gasteiger charge is -2.32. The van der Waals surface area contributed by atoms with E-state index in [2.05, 4.69) is 0 Å². The first-order valence-electron chi connectivity index (χ1n) is 9.81. The molecule has 0 radical (unpaired) electrons. The Morgan fingerprint density at radius 3 is 2.39 bits per heavy atom. The molecule has 2 saturated heterocycles. The summed E-state index contributed by atoms with van der Waals surface area (Å²) in [5, 5.41) is 0. The molecule has 0 aromatic heterocycles. The fraction of sp³-hybridized carbons (Fsp3) is 0.571. The van der Waals surface area contributed by atoms with Crippen LogP contribution in [0.2, 0.25) is 0 Å². The van der Waals surface area contributed by atoms with E-state index in [0.717, 1.165) is 0 Å². The van der Waals surface area contributed by atoms with Gasteiger partial charge >= 0.3 is 0 Å². The van der Waals surface area contributed by atoms with E-state index in [9.17, 15) is 18.8 Å². The van der Waals surface area contributed by atoms with Crippen molar-refractivity contribution in [3.8, 4) is 0 Å². The Labute approximate surface area is 165 Å². The number of benzene rings is 1. The van der Waals surface area contributed by atoms with Crippen LogP contribution in [0.1, 0.15) is 44.0 Å². The Bertz CT molecular complexity index is 774. The largest absolute Gasteiger partial charge is 0.341 e. The van der Waals surface area contributed by atoms with Crippen LogP contribution in [0.3, 0.4) is 0 Å². The number of likely N-dealkylation sites (tertiary alicyclic amines) is 1. The quantitative estimate of drug-likeness (QED) is 0.779. The Morgan fingerprint density at radius 1 is 1.07 bits per heavy atom. The molecule has 1 unspecified atom stereocenters. The van der Waals surface area contributed by atoms with E-state index in [4.69, 9.17) is 0 Å². The summed E-state index contributed by atoms with van der Waals surface area (Å²) in [7, 11) is 0. The summed E-state index contributed by atoms with van der Waals surface area (Å²) in [5.74, 6) is -0.975. The Hall–Kier alpha value is -2.44. The van der Waals surface area contributed by atoms with Crippen LogP contribution < -0.4 is 0 Å². The molecule has 0 saturated carbocycles. The zero-order valence-corrected chi connectivity index (χ0v) is 16.8. The molecule has 2 aliphatic rings. The van der Waals surface area contributed by atoms with Crippen molar-refractivity contribution in [2.45, 2.75) is 39.2 Å². The van der Waals surface area contributed by atoms with Gasteiger partial charge in [-0.15, -0.1) is 0 Å². The van der Waals surface area contributed by atoms with Crippen LogP contribution in [-0.2, 0) is 9.59 Å². The molecule has 1 aromatic rings. The fourth-order valence-corrected chi connectivity index (χ4v) is 3.92. The third-order valence-corrected chi connectivity index (χ3v) is 5.45. The second-order valence-corrected chi connectivity index (χ2v) is 8.56. The van der Waals surface area contributed by atoms with Crippen LogP contribution in [-0.4, -0.2) is 70.7 Å². The first-order valence-corrected chi connectivity index (χ1v) is 9.81. The van der Waals surface area contributed by atoms with E-state index in [-0.39, 0.29) is 35.6 Å². The molecule has 28 heavy (non-hydrogen) atoms. The van der Waals surface area contributed by atoms with Gasteiger partial charge in [0.05, 0.1) is 5.92 Å².